The molecule has 2 saturated carbocycles. The lowest BCUT2D eigenvalue weighted by molar-refractivity contribution is -0.158. The fourth-order valence-corrected chi connectivity index (χ4v) is 5.74. The Morgan fingerprint density at radius 2 is 1.57 bits per heavy atom. The Morgan fingerprint density at radius 3 is 2.18 bits per heavy atom. The van der Waals surface area contributed by atoms with Crippen LogP contribution in [0.15, 0.2) is 48.8 Å². The molecule has 0 radical (unpaired) electrons. The number of rotatable bonds is 18. The van der Waals surface area contributed by atoms with E-state index in [9.17, 15) is 26.8 Å². The van der Waals surface area contributed by atoms with E-state index in [1.54, 1.807) is 12.1 Å². The summed E-state index contributed by atoms with van der Waals surface area (Å²) in [4.78, 5) is 29.7. The molecule has 0 aliphatic heterocycles. The zero-order valence-corrected chi connectivity index (χ0v) is 28.7. The predicted octanol–water partition coefficient (Wildman–Crippen LogP) is 6.90. The summed E-state index contributed by atoms with van der Waals surface area (Å²) in [5.74, 6) is -0.987. The highest BCUT2D eigenvalue weighted by Crippen LogP contribution is 2.38. The number of alkyl halides is 2. The van der Waals surface area contributed by atoms with E-state index < -0.39 is 41.1 Å². The maximum absolute atomic E-state index is 13.1. The van der Waals surface area contributed by atoms with Crippen LogP contribution in [0.3, 0.4) is 0 Å². The number of hydrogen-bond donors (Lipinski definition) is 1. The molecule has 0 unspecified atom stereocenters. The number of ether oxygens (including phenoxy) is 5. The van der Waals surface area contributed by atoms with E-state index in [2.05, 4.69) is 14.4 Å². The normalized spacial score (nSPS) is 15.0. The van der Waals surface area contributed by atoms with Gasteiger partial charge in [0, 0.05) is 18.8 Å². The number of nitrogens with zero attached hydrogens (tertiary/aromatic N) is 1. The molecule has 49 heavy (non-hydrogen) atoms. The fraction of sp³-hybridized carbons (Fsp3) is 0.424. The fourth-order valence-electron chi connectivity index (χ4n) is 4.65. The van der Waals surface area contributed by atoms with E-state index in [4.69, 9.17) is 42.1 Å². The summed E-state index contributed by atoms with van der Waals surface area (Å²) in [7, 11) is -3.57. The second-order valence-electron chi connectivity index (χ2n) is 11.9. The molecule has 0 spiro atoms. The van der Waals surface area contributed by atoms with Gasteiger partial charge >= 0.3 is 18.6 Å². The molecule has 16 heteroatoms. The van der Waals surface area contributed by atoms with Crippen LogP contribution < -0.4 is 18.9 Å². The molecule has 2 aromatic carbocycles. The van der Waals surface area contributed by atoms with Crippen LogP contribution in [0.5, 0.6) is 17.2 Å². The van der Waals surface area contributed by atoms with Crippen LogP contribution in [0.2, 0.25) is 10.0 Å². The van der Waals surface area contributed by atoms with Gasteiger partial charge in [-0.05, 0) is 78.5 Å². The van der Waals surface area contributed by atoms with Crippen LogP contribution >= 0.6 is 23.2 Å². The van der Waals surface area contributed by atoms with Crippen LogP contribution in [0, 0.1) is 11.8 Å². The van der Waals surface area contributed by atoms with Crippen molar-refractivity contribution in [3.05, 3.63) is 75.5 Å². The van der Waals surface area contributed by atoms with Crippen LogP contribution in [0.4, 0.5) is 14.5 Å². The SMILES string of the molecule is CS(=O)(=O)Nc1ccc(COC(=O)CC(=O)O[C@@H](Cc2c(Cl)cncc2Cl)c2ccc(OC(F)F)c(OCC3CC3)c2)cc1OCC1CC1. The zero-order valence-electron chi connectivity index (χ0n) is 26.3. The van der Waals surface area contributed by atoms with Gasteiger partial charge in [0.15, 0.2) is 11.5 Å². The number of aromatic nitrogens is 1. The summed E-state index contributed by atoms with van der Waals surface area (Å²) in [5.41, 5.74) is 1.49. The number of halogens is 4. The molecule has 0 bridgehead atoms. The predicted molar refractivity (Wildman–Crippen MR) is 176 cm³/mol. The topological polar surface area (TPSA) is 139 Å². The lowest BCUT2D eigenvalue weighted by Gasteiger charge is -2.21. The lowest BCUT2D eigenvalue weighted by Crippen LogP contribution is -2.19. The maximum atomic E-state index is 13.1. The molecule has 2 aliphatic rings. The minimum absolute atomic E-state index is 0.0373. The monoisotopic (exact) mass is 742 g/mol. The highest BCUT2D eigenvalue weighted by Gasteiger charge is 2.27. The molecule has 5 rings (SSSR count). The Balaban J connectivity index is 1.28. The molecule has 2 aliphatic carbocycles. The molecule has 1 aromatic heterocycles. The number of esters is 2. The van der Waals surface area contributed by atoms with Crippen molar-refractivity contribution in [2.75, 3.05) is 24.2 Å². The smallest absolute Gasteiger partial charge is 0.387 e. The van der Waals surface area contributed by atoms with Crippen molar-refractivity contribution in [2.45, 2.75) is 57.8 Å². The van der Waals surface area contributed by atoms with Gasteiger partial charge in [-0.3, -0.25) is 19.3 Å². The highest BCUT2D eigenvalue weighted by molar-refractivity contribution is 7.92. The summed E-state index contributed by atoms with van der Waals surface area (Å²) >= 11 is 12.7. The Hall–Kier alpha value is -3.88. The number of benzene rings is 2. The summed E-state index contributed by atoms with van der Waals surface area (Å²) in [5, 5.41) is 0.406. The third-order valence-corrected chi connectivity index (χ3v) is 8.79. The molecule has 1 atom stereocenters. The van der Waals surface area contributed by atoms with Gasteiger partial charge in [0.2, 0.25) is 10.0 Å². The third kappa shape index (κ3) is 11.6. The standard InChI is InChI=1S/C33H34Cl2F2N2O9S/c1-49(42,43)39-26-8-6-21(10-29(26)44-16-19-2-3-19)18-46-31(40)13-32(41)47-28(12-23-24(34)14-38-15-25(23)35)22-7-9-27(48-33(36)37)30(11-22)45-17-20-4-5-20/h6-11,14-15,19-20,28,33,39H,2-5,12-13,16-18H2,1H3/t28-/m0/s1. The number of hydrogen-bond acceptors (Lipinski definition) is 10. The highest BCUT2D eigenvalue weighted by atomic mass is 35.5. The minimum atomic E-state index is -3.57. The molecule has 264 valence electrons. The van der Waals surface area contributed by atoms with Gasteiger partial charge in [-0.15, -0.1) is 0 Å². The average Bonchev–Trinajstić information content (AvgIpc) is 3.96. The van der Waals surface area contributed by atoms with Crippen molar-refractivity contribution in [1.82, 2.24) is 4.98 Å². The molecular formula is C33H34Cl2F2N2O9S. The zero-order chi connectivity index (χ0) is 35.1. The molecule has 1 N–H and O–H groups in total. The van der Waals surface area contributed by atoms with Gasteiger partial charge in [-0.2, -0.15) is 8.78 Å². The summed E-state index contributed by atoms with van der Waals surface area (Å²) < 4.78 is 79.5. The Kier molecular flexibility index (Phi) is 12.0. The number of anilines is 1. The van der Waals surface area contributed by atoms with Crippen LogP contribution in [0.1, 0.15) is 54.9 Å². The first-order valence-corrected chi connectivity index (χ1v) is 18.1. The van der Waals surface area contributed by atoms with Crippen molar-refractivity contribution in [3.8, 4) is 17.2 Å². The van der Waals surface area contributed by atoms with Crippen molar-refractivity contribution in [3.63, 3.8) is 0 Å². The van der Waals surface area contributed by atoms with E-state index in [0.29, 0.717) is 41.7 Å². The van der Waals surface area contributed by atoms with Gasteiger partial charge in [0.1, 0.15) is 24.9 Å². The third-order valence-electron chi connectivity index (χ3n) is 7.54. The van der Waals surface area contributed by atoms with E-state index in [1.807, 2.05) is 0 Å². The summed E-state index contributed by atoms with van der Waals surface area (Å²) in [6, 6.07) is 8.78. The second kappa shape index (κ2) is 16.2. The van der Waals surface area contributed by atoms with Crippen LogP contribution in [-0.4, -0.2) is 51.4 Å². The van der Waals surface area contributed by atoms with Gasteiger partial charge in [-0.25, -0.2) is 8.42 Å². The molecular weight excluding hydrogens is 709 g/mol. The van der Waals surface area contributed by atoms with Gasteiger partial charge in [0.25, 0.3) is 0 Å². The first-order valence-electron chi connectivity index (χ1n) is 15.4. The first-order chi connectivity index (χ1) is 23.3. The van der Waals surface area contributed by atoms with Crippen molar-refractivity contribution >= 4 is 50.9 Å². The van der Waals surface area contributed by atoms with E-state index in [1.165, 1.54) is 36.7 Å². The number of nitrogens with one attached hydrogen (secondary N) is 1. The van der Waals surface area contributed by atoms with Crippen LogP contribution in [0.25, 0.3) is 0 Å². The van der Waals surface area contributed by atoms with Gasteiger partial charge < -0.3 is 23.7 Å². The summed E-state index contributed by atoms with van der Waals surface area (Å²) in [6.45, 7) is -2.61. The van der Waals surface area contributed by atoms with Crippen LogP contribution in [-0.2, 0) is 42.1 Å². The average molecular weight is 744 g/mol. The molecule has 0 amide bonds. The number of sulfonamides is 1. The molecule has 1 heterocycles. The molecule has 11 nitrogen and oxygen atoms in total. The Morgan fingerprint density at radius 1 is 0.918 bits per heavy atom. The minimum Gasteiger partial charge on any atom is -0.491 e. The largest absolute Gasteiger partial charge is 0.491 e. The Labute approximate surface area is 292 Å². The quantitative estimate of drug-likeness (QED) is 0.108. The molecule has 0 saturated heterocycles. The first kappa shape index (κ1) is 36.4. The number of carbonyl (C=O) groups excluding carboxylic acids is 2. The van der Waals surface area contributed by atoms with E-state index in [0.717, 1.165) is 31.9 Å². The lowest BCUT2D eigenvalue weighted by atomic mass is 10.0. The number of carbonyl (C=O) groups is 2. The van der Waals surface area contributed by atoms with Gasteiger partial charge in [-0.1, -0.05) is 35.3 Å². The van der Waals surface area contributed by atoms with Crippen molar-refractivity contribution in [2.24, 2.45) is 11.8 Å². The van der Waals surface area contributed by atoms with E-state index >= 15 is 0 Å². The van der Waals surface area contributed by atoms with E-state index in [-0.39, 0.29) is 46.0 Å². The van der Waals surface area contributed by atoms with Crippen molar-refractivity contribution in [1.29, 1.82) is 0 Å². The maximum Gasteiger partial charge on any atom is 0.387 e. The molecule has 2 fully saturated rings. The summed E-state index contributed by atoms with van der Waals surface area (Å²) in [6.07, 6.45) is 5.85. The number of pyridine rings is 1. The Bertz CT molecular complexity index is 1750. The van der Waals surface area contributed by atoms with Gasteiger partial charge in [0.05, 0.1) is 35.2 Å². The second-order valence-corrected chi connectivity index (χ2v) is 14.5. The molecule has 3 aromatic rings. The van der Waals surface area contributed by atoms with Crippen molar-refractivity contribution < 1.29 is 50.5 Å².